The molecule has 7 heavy (non-hydrogen) atoms. The zero-order valence-corrected chi connectivity index (χ0v) is 4.35. The van der Waals surface area contributed by atoms with Gasteiger partial charge in [-0.1, -0.05) is 12.2 Å². The molecule has 0 fully saturated rings. The minimum absolute atomic E-state index is 0.559. The summed E-state index contributed by atoms with van der Waals surface area (Å²) in [5.74, 6) is 0. The Kier molecular flexibility index (Phi) is 1.21. The second kappa shape index (κ2) is 1.88. The summed E-state index contributed by atoms with van der Waals surface area (Å²) in [5, 5.41) is 12.0. The number of thiocarbonyl (C=S) groups is 1. The lowest BCUT2D eigenvalue weighted by molar-refractivity contribution is 1.06. The van der Waals surface area contributed by atoms with Crippen LogP contribution in [-0.2, 0) is 0 Å². The van der Waals surface area contributed by atoms with E-state index in [1.54, 1.807) is 0 Å². The fraction of sp³-hybridized carbons (Fsp3) is 0.333. The first kappa shape index (κ1) is 4.52. The first-order valence-corrected chi connectivity index (χ1v) is 2.29. The van der Waals surface area contributed by atoms with Crippen LogP contribution in [0.3, 0.4) is 0 Å². The molecule has 0 saturated heterocycles. The topological polar surface area (TPSA) is 37.1 Å². The highest BCUT2D eigenvalue weighted by molar-refractivity contribution is 7.80. The summed E-state index contributed by atoms with van der Waals surface area (Å²) in [5.41, 5.74) is 0.773. The molecule has 0 aromatic carbocycles. The van der Waals surface area contributed by atoms with Crippen LogP contribution >= 0.6 is 12.2 Å². The number of rotatable bonds is 1. The van der Waals surface area contributed by atoms with E-state index in [-0.39, 0.29) is 0 Å². The average molecular weight is 113 g/mol. The molecule has 0 N–H and O–H groups in total. The van der Waals surface area contributed by atoms with Gasteiger partial charge in [-0.15, -0.1) is 5.10 Å². The third-order valence-electron chi connectivity index (χ3n) is 0.605. The molecule has 0 aromatic rings. The summed E-state index contributed by atoms with van der Waals surface area (Å²) < 4.78 is 0. The van der Waals surface area contributed by atoms with Gasteiger partial charge in [0, 0.05) is 5.37 Å². The molecule has 1 aliphatic rings. The van der Waals surface area contributed by atoms with Crippen molar-refractivity contribution in [3.05, 3.63) is 0 Å². The molecule has 0 unspecified atom stereocenters. The van der Waals surface area contributed by atoms with Gasteiger partial charge in [0.15, 0.2) is 0 Å². The summed E-state index contributed by atoms with van der Waals surface area (Å²) in [6, 6.07) is 0. The van der Waals surface area contributed by atoms with Crippen LogP contribution in [0.25, 0.3) is 0 Å². The van der Waals surface area contributed by atoms with E-state index in [1.165, 1.54) is 5.37 Å². The largest absolute Gasteiger partial charge is 0.162 e. The first-order valence-electron chi connectivity index (χ1n) is 1.82. The summed E-state index contributed by atoms with van der Waals surface area (Å²) in [6.07, 6.45) is 0. The molecular weight excluding hydrogens is 110 g/mol. The molecule has 1 heterocycles. The number of hydrogen-bond donors (Lipinski definition) is 0. The predicted octanol–water partition coefficient (Wildman–Crippen LogP) is 0.808. The Morgan fingerprint density at radius 2 is 2.57 bits per heavy atom. The molecule has 0 aliphatic carbocycles. The summed E-state index contributed by atoms with van der Waals surface area (Å²) in [4.78, 5) is 0. The van der Waals surface area contributed by atoms with E-state index in [1.807, 2.05) is 0 Å². The van der Waals surface area contributed by atoms with Crippen molar-refractivity contribution in [3.63, 3.8) is 0 Å². The normalized spacial score (nSPS) is 16.9. The van der Waals surface area contributed by atoms with E-state index in [0.717, 1.165) is 5.71 Å². The highest BCUT2D eigenvalue weighted by Gasteiger charge is 1.95. The van der Waals surface area contributed by atoms with Crippen LogP contribution in [0.4, 0.5) is 0 Å². The minimum atomic E-state index is 0.559. The van der Waals surface area contributed by atoms with Gasteiger partial charge in [-0.05, 0) is 5.22 Å². The van der Waals surface area contributed by atoms with E-state index >= 15 is 0 Å². The van der Waals surface area contributed by atoms with E-state index in [0.29, 0.717) is 6.54 Å². The fourth-order valence-corrected chi connectivity index (χ4v) is 0.407. The van der Waals surface area contributed by atoms with Crippen LogP contribution in [0.5, 0.6) is 0 Å². The van der Waals surface area contributed by atoms with Crippen LogP contribution < -0.4 is 0 Å². The lowest BCUT2D eigenvalue weighted by atomic mass is 10.4. The third kappa shape index (κ3) is 0.866. The quantitative estimate of drug-likeness (QED) is 0.463. The molecule has 0 saturated carbocycles. The second-order valence-electron chi connectivity index (χ2n) is 1.10. The molecule has 0 aromatic heterocycles. The summed E-state index contributed by atoms with van der Waals surface area (Å²) >= 11 is 4.54. The highest BCUT2D eigenvalue weighted by atomic mass is 32.1. The van der Waals surface area contributed by atoms with Gasteiger partial charge in [-0.2, -0.15) is 5.11 Å². The number of hydrogen-bond acceptors (Lipinski definition) is 4. The van der Waals surface area contributed by atoms with Gasteiger partial charge < -0.3 is 0 Å². The lowest BCUT2D eigenvalue weighted by Crippen LogP contribution is -1.96. The number of nitrogens with zero attached hydrogens (tertiary/aromatic N) is 3. The molecule has 1 rings (SSSR count). The van der Waals surface area contributed by atoms with E-state index in [2.05, 4.69) is 27.7 Å². The Balaban J connectivity index is 2.61. The molecule has 0 bridgehead atoms. The van der Waals surface area contributed by atoms with E-state index in [4.69, 9.17) is 0 Å². The monoisotopic (exact) mass is 113 g/mol. The molecule has 0 amide bonds. The summed E-state index contributed by atoms with van der Waals surface area (Å²) in [7, 11) is 0. The molecular formula is C3H3N3S. The van der Waals surface area contributed by atoms with Crippen molar-refractivity contribution in [1.29, 1.82) is 0 Å². The van der Waals surface area contributed by atoms with Crippen LogP contribution in [0.1, 0.15) is 0 Å². The van der Waals surface area contributed by atoms with Crippen molar-refractivity contribution in [3.8, 4) is 0 Å². The molecule has 36 valence electrons. The van der Waals surface area contributed by atoms with Gasteiger partial charge in [0.1, 0.15) is 6.54 Å². The Bertz CT molecular complexity index is 137. The van der Waals surface area contributed by atoms with Gasteiger partial charge in [-0.3, -0.25) is 0 Å². The molecule has 0 spiro atoms. The van der Waals surface area contributed by atoms with E-state index in [9.17, 15) is 0 Å². The van der Waals surface area contributed by atoms with E-state index < -0.39 is 0 Å². The maximum absolute atomic E-state index is 4.54. The maximum Gasteiger partial charge on any atom is 0.107 e. The highest BCUT2D eigenvalue weighted by Crippen LogP contribution is 1.90. The van der Waals surface area contributed by atoms with Crippen molar-refractivity contribution in [2.24, 2.45) is 15.4 Å². The molecule has 0 atom stereocenters. The van der Waals surface area contributed by atoms with Gasteiger partial charge in [0.25, 0.3) is 0 Å². The zero-order valence-electron chi connectivity index (χ0n) is 3.53. The first-order chi connectivity index (χ1) is 3.43. The van der Waals surface area contributed by atoms with Crippen LogP contribution in [0, 0.1) is 0 Å². The van der Waals surface area contributed by atoms with Gasteiger partial charge in [0.2, 0.25) is 0 Å². The Labute approximate surface area is 46.1 Å². The van der Waals surface area contributed by atoms with Crippen LogP contribution in [-0.4, -0.2) is 17.6 Å². The minimum Gasteiger partial charge on any atom is -0.162 e. The smallest absolute Gasteiger partial charge is 0.107 e. The third-order valence-corrected chi connectivity index (χ3v) is 0.877. The van der Waals surface area contributed by atoms with Crippen LogP contribution in [0.15, 0.2) is 15.4 Å². The van der Waals surface area contributed by atoms with Crippen molar-refractivity contribution < 1.29 is 0 Å². The molecule has 3 nitrogen and oxygen atoms in total. The standard InChI is InChI=1S/C3H3N3S/c7-2-3-1-4-6-5-3/h2H,1H2. The van der Waals surface area contributed by atoms with Crippen molar-refractivity contribution in [2.45, 2.75) is 0 Å². The second-order valence-corrected chi connectivity index (χ2v) is 1.33. The SMILES string of the molecule is S=CC1=NN=NC1. The predicted molar refractivity (Wildman–Crippen MR) is 30.8 cm³/mol. The van der Waals surface area contributed by atoms with Gasteiger partial charge in [0.05, 0.1) is 5.71 Å². The average Bonchev–Trinajstić information content (AvgIpc) is 2.14. The van der Waals surface area contributed by atoms with Crippen molar-refractivity contribution in [1.82, 2.24) is 0 Å². The molecule has 0 radical (unpaired) electrons. The van der Waals surface area contributed by atoms with Gasteiger partial charge >= 0.3 is 0 Å². The molecule has 4 heteroatoms. The lowest BCUT2D eigenvalue weighted by Gasteiger charge is -1.73. The van der Waals surface area contributed by atoms with Crippen LogP contribution in [0.2, 0.25) is 0 Å². The Hall–Kier alpha value is -0.640. The Morgan fingerprint density at radius 1 is 1.71 bits per heavy atom. The van der Waals surface area contributed by atoms with Crippen molar-refractivity contribution in [2.75, 3.05) is 6.54 Å². The van der Waals surface area contributed by atoms with Crippen molar-refractivity contribution >= 4 is 23.3 Å². The maximum atomic E-state index is 4.54. The Morgan fingerprint density at radius 3 is 2.86 bits per heavy atom. The molecule has 1 aliphatic heterocycles. The fourth-order valence-electron chi connectivity index (χ4n) is 0.286. The van der Waals surface area contributed by atoms with Gasteiger partial charge in [-0.25, -0.2) is 0 Å². The summed E-state index contributed by atoms with van der Waals surface area (Å²) in [6.45, 7) is 0.559. The zero-order chi connectivity index (χ0) is 5.11.